The summed E-state index contributed by atoms with van der Waals surface area (Å²) in [6, 6.07) is 7.78. The van der Waals surface area contributed by atoms with Gasteiger partial charge in [0.2, 0.25) is 0 Å². The van der Waals surface area contributed by atoms with Gasteiger partial charge in [0.15, 0.2) is 0 Å². The van der Waals surface area contributed by atoms with Gasteiger partial charge >= 0.3 is 6.07 Å². The van der Waals surface area contributed by atoms with E-state index in [1.54, 1.807) is 6.07 Å². The third kappa shape index (κ3) is 1.23. The number of hydrogen-bond acceptors (Lipinski definition) is 1. The summed E-state index contributed by atoms with van der Waals surface area (Å²) in [5.74, 6) is -0.484. The SMILES string of the molecule is [O-][N+]#Cc1ccccc1F. The number of rotatable bonds is 0. The van der Waals surface area contributed by atoms with Crippen LogP contribution in [0.3, 0.4) is 0 Å². The fraction of sp³-hybridized carbons (Fsp3) is 0. The smallest absolute Gasteiger partial charge is 0.339 e. The second-order valence-corrected chi connectivity index (χ2v) is 1.68. The predicted octanol–water partition coefficient (Wildman–Crippen LogP) is 2.00. The van der Waals surface area contributed by atoms with Gasteiger partial charge in [-0.2, -0.15) is 0 Å². The molecule has 0 N–H and O–H groups in total. The molecule has 1 aromatic rings. The standard InChI is InChI=1S/C7H4FNO/c8-7-4-2-1-3-6(7)5-9-10/h1-4H. The molecular formula is C7H4FNO. The van der Waals surface area contributed by atoms with E-state index in [9.17, 15) is 9.60 Å². The Morgan fingerprint density at radius 1 is 1.40 bits per heavy atom. The lowest BCUT2D eigenvalue weighted by Gasteiger charge is -1.84. The first kappa shape index (κ1) is 6.56. The highest BCUT2D eigenvalue weighted by atomic mass is 19.1. The van der Waals surface area contributed by atoms with Crippen LogP contribution in [0.2, 0.25) is 0 Å². The molecule has 0 aliphatic rings. The number of hydrogen-bond donors (Lipinski definition) is 0. The van der Waals surface area contributed by atoms with Crippen molar-refractivity contribution < 1.29 is 4.39 Å². The van der Waals surface area contributed by atoms with Crippen LogP contribution in [0.1, 0.15) is 5.56 Å². The molecule has 1 rings (SSSR count). The quantitative estimate of drug-likeness (QED) is 0.502. The first-order valence-electron chi connectivity index (χ1n) is 2.67. The van der Waals surface area contributed by atoms with Crippen molar-refractivity contribution in [2.24, 2.45) is 0 Å². The van der Waals surface area contributed by atoms with E-state index >= 15 is 0 Å². The molecule has 0 unspecified atom stereocenters. The Labute approximate surface area is 57.3 Å². The van der Waals surface area contributed by atoms with E-state index < -0.39 is 5.82 Å². The molecule has 0 bridgehead atoms. The van der Waals surface area contributed by atoms with Crippen molar-refractivity contribution in [1.82, 2.24) is 0 Å². The third-order valence-electron chi connectivity index (χ3n) is 1.04. The molecule has 2 nitrogen and oxygen atoms in total. The minimum atomic E-state index is -0.484. The van der Waals surface area contributed by atoms with Gasteiger partial charge < -0.3 is 5.21 Å². The van der Waals surface area contributed by atoms with Crippen molar-refractivity contribution in [2.75, 3.05) is 0 Å². The molecular weight excluding hydrogens is 133 g/mol. The summed E-state index contributed by atoms with van der Waals surface area (Å²) in [5.41, 5.74) is 0.0949. The van der Waals surface area contributed by atoms with Crippen molar-refractivity contribution in [2.45, 2.75) is 0 Å². The minimum Gasteiger partial charge on any atom is -0.498 e. The van der Waals surface area contributed by atoms with Gasteiger partial charge in [-0.05, 0) is 12.1 Å². The summed E-state index contributed by atoms with van der Waals surface area (Å²) < 4.78 is 12.5. The van der Waals surface area contributed by atoms with E-state index in [4.69, 9.17) is 0 Å². The third-order valence-corrected chi connectivity index (χ3v) is 1.04. The van der Waals surface area contributed by atoms with Gasteiger partial charge in [-0.25, -0.2) is 4.39 Å². The van der Waals surface area contributed by atoms with E-state index in [2.05, 4.69) is 5.01 Å². The van der Waals surface area contributed by atoms with Gasteiger partial charge in [0.05, 0.1) is 0 Å². The van der Waals surface area contributed by atoms with Crippen LogP contribution in [0.25, 0.3) is 5.01 Å². The number of halogens is 1. The van der Waals surface area contributed by atoms with Crippen molar-refractivity contribution in [3.63, 3.8) is 0 Å². The van der Waals surface area contributed by atoms with Crippen LogP contribution in [0.4, 0.5) is 4.39 Å². The van der Waals surface area contributed by atoms with Crippen LogP contribution in [0.5, 0.6) is 0 Å². The van der Waals surface area contributed by atoms with E-state index in [0.717, 1.165) is 0 Å². The molecule has 10 heavy (non-hydrogen) atoms. The molecule has 0 saturated carbocycles. The summed E-state index contributed by atoms with van der Waals surface area (Å²) in [5, 5.41) is 11.9. The van der Waals surface area contributed by atoms with Gasteiger partial charge in [0, 0.05) is 5.01 Å². The van der Waals surface area contributed by atoms with Crippen molar-refractivity contribution >= 4 is 0 Å². The summed E-state index contributed by atoms with van der Waals surface area (Å²) in [6.45, 7) is 0. The monoisotopic (exact) mass is 137 g/mol. The summed E-state index contributed by atoms with van der Waals surface area (Å²) >= 11 is 0. The average Bonchev–Trinajstić information content (AvgIpc) is 1.94. The van der Waals surface area contributed by atoms with Crippen LogP contribution < -0.4 is 0 Å². The van der Waals surface area contributed by atoms with Crippen molar-refractivity contribution in [1.29, 1.82) is 0 Å². The fourth-order valence-corrected chi connectivity index (χ4v) is 0.601. The Hall–Kier alpha value is -1.56. The highest BCUT2D eigenvalue weighted by molar-refractivity contribution is 5.32. The minimum absolute atomic E-state index is 0.0949. The number of nitrogens with zero attached hydrogens (tertiary/aromatic N) is 1. The highest BCUT2D eigenvalue weighted by Crippen LogP contribution is 2.03. The lowest BCUT2D eigenvalue weighted by molar-refractivity contribution is 0.624. The second kappa shape index (κ2) is 2.83. The summed E-state index contributed by atoms with van der Waals surface area (Å²) in [7, 11) is 0. The Morgan fingerprint density at radius 2 is 2.10 bits per heavy atom. The Balaban J connectivity index is 3.11. The van der Waals surface area contributed by atoms with Gasteiger partial charge in [-0.3, -0.25) is 0 Å². The molecule has 0 saturated heterocycles. The van der Waals surface area contributed by atoms with E-state index in [1.165, 1.54) is 18.2 Å². The van der Waals surface area contributed by atoms with Crippen molar-refractivity contribution in [3.05, 3.63) is 45.9 Å². The topological polar surface area (TPSA) is 27.4 Å². The van der Waals surface area contributed by atoms with Crippen molar-refractivity contribution in [3.8, 4) is 6.07 Å². The molecule has 0 atom stereocenters. The van der Waals surface area contributed by atoms with E-state index in [1.807, 2.05) is 6.07 Å². The molecule has 0 aromatic heterocycles. The molecule has 0 fully saturated rings. The molecule has 0 radical (unpaired) electrons. The lowest BCUT2D eigenvalue weighted by Crippen LogP contribution is -1.79. The van der Waals surface area contributed by atoms with E-state index in [-0.39, 0.29) is 5.56 Å². The normalized spacial score (nSPS) is 8.10. The largest absolute Gasteiger partial charge is 0.498 e. The maximum absolute atomic E-state index is 12.5. The molecule has 1 aromatic carbocycles. The molecule has 0 spiro atoms. The van der Waals surface area contributed by atoms with Gasteiger partial charge in [0.25, 0.3) is 0 Å². The zero-order valence-corrected chi connectivity index (χ0v) is 5.04. The Morgan fingerprint density at radius 3 is 2.70 bits per heavy atom. The van der Waals surface area contributed by atoms with Gasteiger partial charge in [-0.15, -0.1) is 0 Å². The molecule has 50 valence electrons. The van der Waals surface area contributed by atoms with Crippen LogP contribution in [0, 0.1) is 17.1 Å². The fourth-order valence-electron chi connectivity index (χ4n) is 0.601. The van der Waals surface area contributed by atoms with Gasteiger partial charge in [-0.1, -0.05) is 12.1 Å². The van der Waals surface area contributed by atoms with Crippen LogP contribution in [-0.2, 0) is 0 Å². The summed E-state index contributed by atoms with van der Waals surface area (Å²) in [4.78, 5) is 0. The number of benzene rings is 1. The zero-order valence-electron chi connectivity index (χ0n) is 5.04. The average molecular weight is 137 g/mol. The maximum atomic E-state index is 12.5. The molecule has 0 amide bonds. The van der Waals surface area contributed by atoms with E-state index in [0.29, 0.717) is 0 Å². The molecule has 0 aliphatic heterocycles. The first-order valence-corrected chi connectivity index (χ1v) is 2.67. The predicted molar refractivity (Wildman–Crippen MR) is 36.1 cm³/mol. The highest BCUT2D eigenvalue weighted by Gasteiger charge is 2.00. The Bertz CT molecular complexity index is 287. The zero-order chi connectivity index (χ0) is 7.40. The van der Waals surface area contributed by atoms with Gasteiger partial charge in [0.1, 0.15) is 11.4 Å². The summed E-state index contributed by atoms with van der Waals surface area (Å²) in [6.07, 6.45) is 0. The Kier molecular flexibility index (Phi) is 1.86. The molecule has 0 aliphatic carbocycles. The molecule has 3 heteroatoms. The second-order valence-electron chi connectivity index (χ2n) is 1.68. The first-order chi connectivity index (χ1) is 4.84. The lowest BCUT2D eigenvalue weighted by atomic mass is 10.2. The maximum Gasteiger partial charge on any atom is 0.339 e. The van der Waals surface area contributed by atoms with Crippen LogP contribution >= 0.6 is 0 Å². The van der Waals surface area contributed by atoms with Crippen LogP contribution in [0.15, 0.2) is 24.3 Å². The van der Waals surface area contributed by atoms with Crippen LogP contribution in [-0.4, -0.2) is 0 Å². The molecule has 0 heterocycles.